The molecule has 0 aromatic heterocycles. The molecule has 0 fully saturated rings. The minimum Gasteiger partial charge on any atom is -0.744 e. The zero-order chi connectivity index (χ0) is 25.9. The van der Waals surface area contributed by atoms with E-state index in [2.05, 4.69) is 0 Å². The summed E-state index contributed by atoms with van der Waals surface area (Å²) >= 11 is 0. The predicted molar refractivity (Wildman–Crippen MR) is 132 cm³/mol. The fraction of sp³-hybridized carbons (Fsp3) is 0.0714. The number of rotatable bonds is 8. The van der Waals surface area contributed by atoms with E-state index in [-0.39, 0.29) is 41.5 Å². The molecule has 0 spiro atoms. The minimum absolute atomic E-state index is 0. The maximum Gasteiger partial charge on any atom is 1.00 e. The number of ether oxygens (including phenoxy) is 2. The summed E-state index contributed by atoms with van der Waals surface area (Å²) < 4.78 is 45.8. The summed E-state index contributed by atoms with van der Waals surface area (Å²) in [6.45, 7) is 1.95. The van der Waals surface area contributed by atoms with Gasteiger partial charge in [-0.15, -0.1) is 0 Å². The number of hydrogen-bond acceptors (Lipinski definition) is 7. The average Bonchev–Trinajstić information content (AvgIpc) is 2.88. The molecule has 0 heterocycles. The van der Waals surface area contributed by atoms with E-state index >= 15 is 0 Å². The smallest absolute Gasteiger partial charge is 0.744 e. The SMILES string of the molecule is COc1ccc(C(=O)c2ccc(Oc3ccc(C(=O)c4ccc(C)cc4)cc3)cc2)c(S(=O)(=O)[O-])c1.[Li+]. The van der Waals surface area contributed by atoms with Crippen molar-refractivity contribution in [3.63, 3.8) is 0 Å². The molecule has 0 aliphatic carbocycles. The summed E-state index contributed by atoms with van der Waals surface area (Å²) in [4.78, 5) is 24.9. The summed E-state index contributed by atoms with van der Waals surface area (Å²) in [6.07, 6.45) is 0. The van der Waals surface area contributed by atoms with E-state index < -0.39 is 20.8 Å². The molecule has 0 amide bonds. The molecule has 0 radical (unpaired) electrons. The van der Waals surface area contributed by atoms with Crippen LogP contribution >= 0.6 is 0 Å². The molecule has 9 heteroatoms. The predicted octanol–water partition coefficient (Wildman–Crippen LogP) is 2.17. The van der Waals surface area contributed by atoms with Crippen LogP contribution in [-0.2, 0) is 10.1 Å². The van der Waals surface area contributed by atoms with E-state index in [0.29, 0.717) is 22.6 Å². The summed E-state index contributed by atoms with van der Waals surface area (Å²) in [5.74, 6) is 0.344. The van der Waals surface area contributed by atoms with Crippen molar-refractivity contribution in [2.24, 2.45) is 0 Å². The zero-order valence-electron chi connectivity index (χ0n) is 20.4. The summed E-state index contributed by atoms with van der Waals surface area (Å²) in [5.41, 5.74) is 2.13. The van der Waals surface area contributed by atoms with Crippen molar-refractivity contribution in [3.8, 4) is 17.2 Å². The molecule has 182 valence electrons. The minimum atomic E-state index is -4.90. The molecule has 0 N–H and O–H groups in total. The average molecular weight is 508 g/mol. The third-order valence-corrected chi connectivity index (χ3v) is 6.36. The Morgan fingerprint density at radius 1 is 0.676 bits per heavy atom. The third kappa shape index (κ3) is 6.56. The summed E-state index contributed by atoms with van der Waals surface area (Å²) in [7, 11) is -3.57. The third-order valence-electron chi connectivity index (χ3n) is 5.49. The van der Waals surface area contributed by atoms with Gasteiger partial charge < -0.3 is 14.0 Å². The van der Waals surface area contributed by atoms with Crippen molar-refractivity contribution < 1.29 is 50.9 Å². The molecule has 0 saturated carbocycles. The standard InChI is InChI=1S/C28H22O7S.Li/c1-18-3-5-19(6-4-18)27(29)20-7-11-22(12-8-20)35-23-13-9-21(10-14-23)28(30)25-16-15-24(34-2)17-26(25)36(31,32)33;/h3-17H,1-2H3,(H,31,32,33);/q;+1/p-1. The van der Waals surface area contributed by atoms with E-state index in [1.165, 1.54) is 31.4 Å². The molecule has 0 unspecified atom stereocenters. The Morgan fingerprint density at radius 3 is 1.57 bits per heavy atom. The number of methoxy groups -OCH3 is 1. The van der Waals surface area contributed by atoms with Gasteiger partial charge in [0.2, 0.25) is 0 Å². The van der Waals surface area contributed by atoms with E-state index in [0.717, 1.165) is 11.6 Å². The first kappa shape index (κ1) is 27.9. The second-order valence-corrected chi connectivity index (χ2v) is 9.34. The van der Waals surface area contributed by atoms with Gasteiger partial charge in [0.25, 0.3) is 0 Å². The van der Waals surface area contributed by atoms with E-state index in [4.69, 9.17) is 9.47 Å². The maximum absolute atomic E-state index is 12.9. The van der Waals surface area contributed by atoms with Gasteiger partial charge in [0.05, 0.1) is 12.0 Å². The molecule has 4 aromatic rings. The maximum atomic E-state index is 12.9. The largest absolute Gasteiger partial charge is 1.00 e. The molecule has 4 aromatic carbocycles. The van der Waals surface area contributed by atoms with Crippen molar-refractivity contribution in [1.29, 1.82) is 0 Å². The summed E-state index contributed by atoms with van der Waals surface area (Å²) in [6, 6.07) is 23.7. The van der Waals surface area contributed by atoms with E-state index in [1.807, 2.05) is 19.1 Å². The summed E-state index contributed by atoms with van der Waals surface area (Å²) in [5, 5.41) is 0. The van der Waals surface area contributed by atoms with E-state index in [1.54, 1.807) is 48.5 Å². The molecular weight excluding hydrogens is 487 g/mol. The second-order valence-electron chi connectivity index (χ2n) is 7.99. The molecule has 0 saturated heterocycles. The van der Waals surface area contributed by atoms with Crippen molar-refractivity contribution in [3.05, 3.63) is 119 Å². The second kappa shape index (κ2) is 11.6. The van der Waals surface area contributed by atoms with Crippen LogP contribution in [0.15, 0.2) is 95.9 Å². The molecular formula is C28H21LiO7S. The van der Waals surface area contributed by atoms with Crippen molar-refractivity contribution in [1.82, 2.24) is 0 Å². The Bertz CT molecular complexity index is 1530. The Morgan fingerprint density at radius 2 is 1.11 bits per heavy atom. The van der Waals surface area contributed by atoms with Gasteiger partial charge in [-0.1, -0.05) is 29.8 Å². The number of aryl methyl sites for hydroxylation is 1. The number of hydrogen-bond donors (Lipinski definition) is 0. The van der Waals surface area contributed by atoms with Crippen molar-refractivity contribution in [2.45, 2.75) is 11.8 Å². The van der Waals surface area contributed by atoms with Gasteiger partial charge in [0, 0.05) is 22.3 Å². The van der Waals surface area contributed by atoms with E-state index in [9.17, 15) is 22.6 Å². The molecule has 0 aliphatic rings. The van der Waals surface area contributed by atoms with Gasteiger partial charge in [-0.2, -0.15) is 0 Å². The molecule has 0 bridgehead atoms. The topological polar surface area (TPSA) is 110 Å². The molecule has 4 rings (SSSR count). The Hall–Kier alpha value is -3.67. The first-order valence-corrected chi connectivity index (χ1v) is 12.2. The molecule has 37 heavy (non-hydrogen) atoms. The number of carbonyl (C=O) groups excluding carboxylic acids is 2. The molecule has 0 aliphatic heterocycles. The quantitative estimate of drug-likeness (QED) is 0.204. The zero-order valence-corrected chi connectivity index (χ0v) is 21.2. The van der Waals surface area contributed by atoms with Crippen LogP contribution in [0.25, 0.3) is 0 Å². The van der Waals surface area contributed by atoms with Crippen LogP contribution in [-0.4, -0.2) is 31.6 Å². The van der Waals surface area contributed by atoms with Crippen LogP contribution in [0.4, 0.5) is 0 Å². The number of carbonyl (C=O) groups is 2. The van der Waals surface area contributed by atoms with Crippen LogP contribution in [0, 0.1) is 6.92 Å². The van der Waals surface area contributed by atoms with Gasteiger partial charge in [0.15, 0.2) is 11.6 Å². The van der Waals surface area contributed by atoms with Crippen LogP contribution in [0.1, 0.15) is 37.4 Å². The van der Waals surface area contributed by atoms with Crippen LogP contribution in [0.3, 0.4) is 0 Å². The van der Waals surface area contributed by atoms with Gasteiger partial charge in [-0.3, -0.25) is 9.59 Å². The van der Waals surface area contributed by atoms with Crippen molar-refractivity contribution in [2.75, 3.05) is 7.11 Å². The van der Waals surface area contributed by atoms with Crippen molar-refractivity contribution >= 4 is 21.7 Å². The number of ketones is 2. The normalized spacial score (nSPS) is 10.8. The Labute approximate surface area is 227 Å². The van der Waals surface area contributed by atoms with Gasteiger partial charge in [0.1, 0.15) is 27.4 Å². The monoisotopic (exact) mass is 508 g/mol. The molecule has 7 nitrogen and oxygen atoms in total. The van der Waals surface area contributed by atoms with Gasteiger partial charge in [-0.05, 0) is 73.7 Å². The molecule has 0 atom stereocenters. The first-order valence-electron chi connectivity index (χ1n) is 10.8. The Kier molecular flexibility index (Phi) is 8.74. The fourth-order valence-corrected chi connectivity index (χ4v) is 4.23. The fourth-order valence-electron chi connectivity index (χ4n) is 3.54. The van der Waals surface area contributed by atoms with Crippen LogP contribution in [0.2, 0.25) is 0 Å². The van der Waals surface area contributed by atoms with Gasteiger partial charge >= 0.3 is 18.9 Å². The van der Waals surface area contributed by atoms with Crippen LogP contribution in [0.5, 0.6) is 17.2 Å². The number of benzene rings is 4. The first-order chi connectivity index (χ1) is 17.2. The Balaban J connectivity index is 0.00000380. The van der Waals surface area contributed by atoms with Gasteiger partial charge in [-0.25, -0.2) is 8.42 Å². The van der Waals surface area contributed by atoms with Crippen LogP contribution < -0.4 is 28.3 Å².